The van der Waals surface area contributed by atoms with Crippen molar-refractivity contribution in [2.24, 2.45) is 0 Å². The van der Waals surface area contributed by atoms with Crippen molar-refractivity contribution in [1.82, 2.24) is 0 Å². The molecule has 3 heteroatoms. The van der Waals surface area contributed by atoms with Crippen molar-refractivity contribution in [1.29, 1.82) is 0 Å². The molecule has 4 aromatic carbocycles. The molecule has 0 N–H and O–H groups in total. The summed E-state index contributed by atoms with van der Waals surface area (Å²) in [4.78, 5) is 0. The van der Waals surface area contributed by atoms with Gasteiger partial charge in [0.05, 0.1) is 0 Å². The predicted octanol–water partition coefficient (Wildman–Crippen LogP) is 6.98. The number of fused-ring (bicyclic) bond motifs is 3. The number of rotatable bonds is 2. The molecule has 276 valence electrons. The third kappa shape index (κ3) is 11.6. The number of halogens is 2. The zero-order valence-corrected chi connectivity index (χ0v) is 38.2. The zero-order chi connectivity index (χ0) is 37.2. The molecule has 0 amide bonds. The van der Waals surface area contributed by atoms with Crippen LogP contribution in [-0.2, 0) is 52.3 Å². The Labute approximate surface area is 345 Å². The van der Waals surface area contributed by atoms with E-state index in [9.17, 15) is 0 Å². The molecule has 0 atom stereocenters. The van der Waals surface area contributed by atoms with Crippen LogP contribution >= 0.6 is 0 Å². The van der Waals surface area contributed by atoms with E-state index in [4.69, 9.17) is 0 Å². The standard InChI is InChI=1S/C23H29.C21H26.C5H5.2ClH.Zr/c1-14-9-16-11-17-10-15(2)21(23(6,7)8)13-19(17)18(16)12-20(14)22(3,4)5;1-20(2,3)18-11-7-16(8-12-18)15-17-9-13-19(14-10-17)21(4,5)6;1-2-4-5-3-1;;;/h9,12-13H,11H2,1-8H3;7-14H,1-6H3;1-3H,4H2;2*1H;/q-1;;-1;;;+2/p-2. The normalized spacial score (nSPS) is 13.1. The van der Waals surface area contributed by atoms with Gasteiger partial charge in [-0.1, -0.05) is 71.6 Å². The van der Waals surface area contributed by atoms with Crippen LogP contribution in [0.15, 0.2) is 85.0 Å². The van der Waals surface area contributed by atoms with Gasteiger partial charge in [0.25, 0.3) is 0 Å². The minimum Gasteiger partial charge on any atom is -1.00 e. The predicted molar refractivity (Wildman–Crippen MR) is 215 cm³/mol. The molecule has 0 radical (unpaired) electrons. The van der Waals surface area contributed by atoms with Crippen LogP contribution in [-0.4, -0.2) is 3.21 Å². The number of benzene rings is 4. The first-order valence-corrected chi connectivity index (χ1v) is 19.5. The summed E-state index contributed by atoms with van der Waals surface area (Å²) in [6.07, 6.45) is 11.0. The van der Waals surface area contributed by atoms with Crippen molar-refractivity contribution in [2.45, 2.75) is 131 Å². The van der Waals surface area contributed by atoms with Gasteiger partial charge in [0, 0.05) is 0 Å². The summed E-state index contributed by atoms with van der Waals surface area (Å²) in [6, 6.07) is 29.1. The molecule has 0 heterocycles. The van der Waals surface area contributed by atoms with Crippen LogP contribution in [0, 0.1) is 26.0 Å². The molecule has 0 nitrogen and oxygen atoms in total. The van der Waals surface area contributed by atoms with E-state index >= 15 is 0 Å². The Morgan fingerprint density at radius 3 is 1.42 bits per heavy atom. The van der Waals surface area contributed by atoms with Crippen molar-refractivity contribution in [3.63, 3.8) is 0 Å². The topological polar surface area (TPSA) is 0 Å². The van der Waals surface area contributed by atoms with Crippen LogP contribution in [0.4, 0.5) is 0 Å². The van der Waals surface area contributed by atoms with Gasteiger partial charge in [-0.05, 0) is 35.4 Å². The largest absolute Gasteiger partial charge is 1.00 e. The Balaban J connectivity index is 0.000000307. The van der Waals surface area contributed by atoms with E-state index in [0.29, 0.717) is 0 Å². The number of aryl methyl sites for hydroxylation is 2. The molecule has 0 aromatic heterocycles. The second-order valence-corrected chi connectivity index (χ2v) is 19.5. The molecule has 0 fully saturated rings. The van der Waals surface area contributed by atoms with E-state index in [1.165, 1.54) is 94.2 Å². The minimum absolute atomic E-state index is 0. The van der Waals surface area contributed by atoms with Gasteiger partial charge in [0.1, 0.15) is 0 Å². The second kappa shape index (κ2) is 17.9. The fourth-order valence-corrected chi connectivity index (χ4v) is 7.62. The van der Waals surface area contributed by atoms with E-state index in [2.05, 4.69) is 182 Å². The summed E-state index contributed by atoms with van der Waals surface area (Å²) in [5, 5.41) is 0. The minimum atomic E-state index is 0. The molecule has 0 saturated carbocycles. The molecule has 52 heavy (non-hydrogen) atoms. The van der Waals surface area contributed by atoms with Gasteiger partial charge in [0.2, 0.25) is 0 Å². The molecule has 2 aliphatic carbocycles. The number of hydrogen-bond acceptors (Lipinski definition) is 0. The fraction of sp³-hybridized carbons (Fsp3) is 0.408. The van der Waals surface area contributed by atoms with Crippen molar-refractivity contribution in [3.8, 4) is 11.1 Å². The molecule has 6 rings (SSSR count). The molecular formula is C49H60Cl2Zr-2. The third-order valence-corrected chi connectivity index (χ3v) is 11.2. The van der Waals surface area contributed by atoms with Gasteiger partial charge in [-0.25, -0.2) is 12.2 Å². The summed E-state index contributed by atoms with van der Waals surface area (Å²) < 4.78 is 1.42. The van der Waals surface area contributed by atoms with E-state index in [1.54, 1.807) is 0 Å². The van der Waals surface area contributed by atoms with Crippen molar-refractivity contribution >= 4 is 3.21 Å². The molecule has 4 aromatic rings. The summed E-state index contributed by atoms with van der Waals surface area (Å²) in [6.45, 7) is 31.8. The summed E-state index contributed by atoms with van der Waals surface area (Å²) >= 11 is 1.46. The Morgan fingerprint density at radius 1 is 0.596 bits per heavy atom. The van der Waals surface area contributed by atoms with Gasteiger partial charge in [-0.2, -0.15) is 23.8 Å². The molecule has 0 unspecified atom stereocenters. The number of allylic oxidation sites excluding steroid dienone is 4. The second-order valence-electron chi connectivity index (χ2n) is 18.2. The van der Waals surface area contributed by atoms with Gasteiger partial charge >= 0.3 is 151 Å². The molecule has 0 saturated heterocycles. The first kappa shape index (κ1) is 45.8. The zero-order valence-electron chi connectivity index (χ0n) is 34.3. The van der Waals surface area contributed by atoms with Crippen LogP contribution in [0.3, 0.4) is 0 Å². The van der Waals surface area contributed by atoms with Gasteiger partial charge < -0.3 is 24.8 Å². The van der Waals surface area contributed by atoms with Crippen LogP contribution in [0.25, 0.3) is 11.1 Å². The van der Waals surface area contributed by atoms with Crippen molar-refractivity contribution in [3.05, 3.63) is 153 Å². The van der Waals surface area contributed by atoms with E-state index in [1.807, 2.05) is 12.2 Å². The van der Waals surface area contributed by atoms with E-state index in [0.717, 1.165) is 12.8 Å². The Hall–Kier alpha value is -2.31. The summed E-state index contributed by atoms with van der Waals surface area (Å²) in [5.74, 6) is 0. The number of hydrogen-bond donors (Lipinski definition) is 0. The Kier molecular flexibility index (Phi) is 15.8. The fourth-order valence-electron chi connectivity index (χ4n) is 6.80. The van der Waals surface area contributed by atoms with Crippen LogP contribution < -0.4 is 24.8 Å². The third-order valence-electron chi connectivity index (χ3n) is 9.74. The SMILES string of the molecule is CC(C)(C)c1ccc([C](=[Zr+2])c2ccc(C(C)(C)C)cc2)cc1.Cc1[c-]c2c(cc1C(C)(C)C)-c1cc(C(C)(C)C)c(C)cc1C2.[C-]1=CC=CC1.[Cl-].[Cl-]. The average molecular weight is 811 g/mol. The van der Waals surface area contributed by atoms with Crippen LogP contribution in [0.2, 0.25) is 0 Å². The Morgan fingerprint density at radius 2 is 1.06 bits per heavy atom. The Bertz CT molecular complexity index is 1740. The van der Waals surface area contributed by atoms with Gasteiger partial charge in [0.15, 0.2) is 0 Å². The van der Waals surface area contributed by atoms with Crippen LogP contribution in [0.5, 0.6) is 0 Å². The van der Waals surface area contributed by atoms with Crippen molar-refractivity contribution in [2.75, 3.05) is 0 Å². The van der Waals surface area contributed by atoms with Crippen molar-refractivity contribution < 1.29 is 49.0 Å². The molecule has 0 aliphatic heterocycles. The maximum absolute atomic E-state index is 3.69. The quantitative estimate of drug-likeness (QED) is 0.169. The maximum Gasteiger partial charge on any atom is -0.0129 e. The van der Waals surface area contributed by atoms with Gasteiger partial charge in [-0.3, -0.25) is 6.08 Å². The molecule has 0 bridgehead atoms. The van der Waals surface area contributed by atoms with Crippen LogP contribution in [0.1, 0.15) is 145 Å². The average Bonchev–Trinajstić information content (AvgIpc) is 3.70. The molecule has 0 spiro atoms. The monoisotopic (exact) mass is 808 g/mol. The molecule has 2 aliphatic rings. The first-order chi connectivity index (χ1) is 23.1. The maximum atomic E-state index is 3.69. The summed E-state index contributed by atoms with van der Waals surface area (Å²) in [7, 11) is 0. The summed E-state index contributed by atoms with van der Waals surface area (Å²) in [5.41, 5.74) is 17.5. The molecular weight excluding hydrogens is 751 g/mol. The van der Waals surface area contributed by atoms with E-state index in [-0.39, 0.29) is 46.5 Å². The first-order valence-electron chi connectivity index (χ1n) is 18.3. The smallest absolute Gasteiger partial charge is 0.0129 e. The van der Waals surface area contributed by atoms with E-state index < -0.39 is 0 Å². The van der Waals surface area contributed by atoms with Gasteiger partial charge in [-0.15, -0.1) is 23.1 Å².